The number of para-hydroxylation sites is 1. The van der Waals surface area contributed by atoms with Gasteiger partial charge in [0.15, 0.2) is 0 Å². The van der Waals surface area contributed by atoms with Gasteiger partial charge in [0.1, 0.15) is 5.75 Å². The fourth-order valence-electron chi connectivity index (χ4n) is 1.64. The molecule has 17 heavy (non-hydrogen) atoms. The van der Waals surface area contributed by atoms with Gasteiger partial charge < -0.3 is 10.1 Å². The van der Waals surface area contributed by atoms with Crippen LogP contribution in [-0.2, 0) is 11.2 Å². The molecule has 0 atom stereocenters. The molecule has 0 saturated carbocycles. The van der Waals surface area contributed by atoms with Gasteiger partial charge in [-0.15, -0.1) is 0 Å². The van der Waals surface area contributed by atoms with E-state index in [9.17, 15) is 4.79 Å². The monoisotopic (exact) mass is 235 g/mol. The number of aryl methyl sites for hydroxylation is 1. The van der Waals surface area contributed by atoms with Crippen LogP contribution in [0.5, 0.6) is 5.75 Å². The van der Waals surface area contributed by atoms with Crippen molar-refractivity contribution in [2.45, 2.75) is 33.1 Å². The second kappa shape index (κ2) is 7.71. The zero-order chi connectivity index (χ0) is 12.5. The van der Waals surface area contributed by atoms with Crippen LogP contribution in [0.1, 0.15) is 32.3 Å². The zero-order valence-electron chi connectivity index (χ0n) is 10.7. The van der Waals surface area contributed by atoms with Crippen LogP contribution in [0.15, 0.2) is 24.3 Å². The Bertz CT molecular complexity index is 350. The molecular weight excluding hydrogens is 214 g/mol. The van der Waals surface area contributed by atoms with E-state index in [0.29, 0.717) is 13.0 Å². The Morgan fingerprint density at radius 1 is 1.29 bits per heavy atom. The number of carbonyl (C=O) groups is 1. The Morgan fingerprint density at radius 2 is 2.06 bits per heavy atom. The number of amides is 1. The summed E-state index contributed by atoms with van der Waals surface area (Å²) < 4.78 is 5.55. The first-order valence-electron chi connectivity index (χ1n) is 6.25. The minimum atomic E-state index is 0.114. The van der Waals surface area contributed by atoms with Gasteiger partial charge in [-0.2, -0.15) is 0 Å². The molecule has 0 aliphatic heterocycles. The smallest absolute Gasteiger partial charge is 0.219 e. The van der Waals surface area contributed by atoms with Gasteiger partial charge in [0.2, 0.25) is 5.91 Å². The molecule has 0 saturated heterocycles. The Labute approximate surface area is 103 Å². The topological polar surface area (TPSA) is 38.3 Å². The normalized spacial score (nSPS) is 10.0. The maximum atomic E-state index is 11.1. The summed E-state index contributed by atoms with van der Waals surface area (Å²) >= 11 is 0. The zero-order valence-corrected chi connectivity index (χ0v) is 10.7. The van der Waals surface area contributed by atoms with Gasteiger partial charge in [-0.25, -0.2) is 0 Å². The van der Waals surface area contributed by atoms with Gasteiger partial charge in [0, 0.05) is 13.0 Å². The summed E-state index contributed by atoms with van der Waals surface area (Å²) in [6.07, 6.45) is 2.42. The predicted octanol–water partition coefficient (Wildman–Crippen LogP) is 2.54. The quantitative estimate of drug-likeness (QED) is 0.738. The van der Waals surface area contributed by atoms with Gasteiger partial charge in [0.25, 0.3) is 0 Å². The average molecular weight is 235 g/mol. The van der Waals surface area contributed by atoms with E-state index < -0.39 is 0 Å². The molecule has 0 fully saturated rings. The molecule has 0 unspecified atom stereocenters. The van der Waals surface area contributed by atoms with E-state index in [2.05, 4.69) is 11.4 Å². The first-order chi connectivity index (χ1) is 8.27. The van der Waals surface area contributed by atoms with Crippen molar-refractivity contribution in [1.29, 1.82) is 0 Å². The van der Waals surface area contributed by atoms with Crippen molar-refractivity contribution < 1.29 is 9.53 Å². The number of ether oxygens (including phenoxy) is 1. The van der Waals surface area contributed by atoms with E-state index in [-0.39, 0.29) is 5.91 Å². The number of benzene rings is 1. The van der Waals surface area contributed by atoms with Crippen LogP contribution in [0.25, 0.3) is 0 Å². The lowest BCUT2D eigenvalue weighted by Crippen LogP contribution is -2.23. The molecule has 3 nitrogen and oxygen atoms in total. The molecule has 3 heteroatoms. The van der Waals surface area contributed by atoms with Crippen LogP contribution in [-0.4, -0.2) is 19.1 Å². The molecule has 94 valence electrons. The summed E-state index contributed by atoms with van der Waals surface area (Å²) in [4.78, 5) is 11.1. The molecule has 0 aromatic heterocycles. The molecule has 1 amide bonds. The van der Waals surface area contributed by atoms with Crippen LogP contribution < -0.4 is 10.1 Å². The number of rotatable bonds is 7. The van der Waals surface area contributed by atoms with E-state index >= 15 is 0 Å². The first-order valence-corrected chi connectivity index (χ1v) is 6.25. The van der Waals surface area contributed by atoms with Crippen molar-refractivity contribution in [2.24, 2.45) is 0 Å². The molecule has 1 rings (SSSR count). The van der Waals surface area contributed by atoms with Crippen molar-refractivity contribution >= 4 is 5.91 Å². The fraction of sp³-hybridized carbons (Fsp3) is 0.500. The van der Waals surface area contributed by atoms with E-state index in [1.165, 1.54) is 5.56 Å². The molecule has 0 aliphatic carbocycles. The van der Waals surface area contributed by atoms with Crippen LogP contribution in [0.4, 0.5) is 0 Å². The predicted molar refractivity (Wildman–Crippen MR) is 69.2 cm³/mol. The lowest BCUT2D eigenvalue weighted by molar-refractivity contribution is -0.120. The summed E-state index contributed by atoms with van der Waals surface area (Å²) in [5, 5.41) is 2.87. The van der Waals surface area contributed by atoms with Gasteiger partial charge in [-0.1, -0.05) is 25.1 Å². The average Bonchev–Trinajstić information content (AvgIpc) is 2.36. The van der Waals surface area contributed by atoms with Gasteiger partial charge in [0.05, 0.1) is 6.61 Å². The summed E-state index contributed by atoms with van der Waals surface area (Å²) in [7, 11) is 0. The second-order valence-corrected chi connectivity index (χ2v) is 3.85. The molecule has 1 aromatic rings. The van der Waals surface area contributed by atoms with Gasteiger partial charge in [-0.3, -0.25) is 4.79 Å². The Hall–Kier alpha value is -1.51. The third kappa shape index (κ3) is 4.89. The van der Waals surface area contributed by atoms with E-state index in [0.717, 1.165) is 25.1 Å². The van der Waals surface area contributed by atoms with Crippen molar-refractivity contribution in [3.05, 3.63) is 29.8 Å². The molecule has 0 heterocycles. The highest BCUT2D eigenvalue weighted by atomic mass is 16.5. The Morgan fingerprint density at radius 3 is 2.76 bits per heavy atom. The summed E-state index contributed by atoms with van der Waals surface area (Å²) in [6, 6.07) is 8.06. The minimum absolute atomic E-state index is 0.114. The highest BCUT2D eigenvalue weighted by molar-refractivity contribution is 5.75. The van der Waals surface area contributed by atoms with Gasteiger partial charge >= 0.3 is 0 Å². The molecule has 0 spiro atoms. The maximum Gasteiger partial charge on any atom is 0.219 e. The summed E-state index contributed by atoms with van der Waals surface area (Å²) in [6.45, 7) is 5.26. The lowest BCUT2D eigenvalue weighted by Gasteiger charge is -2.10. The van der Waals surface area contributed by atoms with E-state index in [1.807, 2.05) is 32.0 Å². The largest absolute Gasteiger partial charge is 0.494 e. The van der Waals surface area contributed by atoms with E-state index in [4.69, 9.17) is 4.74 Å². The lowest BCUT2D eigenvalue weighted by atomic mass is 10.1. The molecule has 1 aromatic carbocycles. The fourth-order valence-corrected chi connectivity index (χ4v) is 1.64. The number of carbonyl (C=O) groups excluding carboxylic acids is 1. The van der Waals surface area contributed by atoms with Crippen molar-refractivity contribution in [2.75, 3.05) is 13.2 Å². The van der Waals surface area contributed by atoms with Crippen LogP contribution >= 0.6 is 0 Å². The van der Waals surface area contributed by atoms with E-state index in [1.54, 1.807) is 0 Å². The highest BCUT2D eigenvalue weighted by Gasteiger charge is 2.02. The first kappa shape index (κ1) is 13.6. The molecule has 1 N–H and O–H groups in total. The van der Waals surface area contributed by atoms with Crippen molar-refractivity contribution in [1.82, 2.24) is 5.32 Å². The minimum Gasteiger partial charge on any atom is -0.494 e. The van der Waals surface area contributed by atoms with Crippen molar-refractivity contribution in [3.63, 3.8) is 0 Å². The molecular formula is C14H21NO2. The second-order valence-electron chi connectivity index (χ2n) is 3.85. The number of hydrogen-bond acceptors (Lipinski definition) is 2. The Balaban J connectivity index is 2.38. The summed E-state index contributed by atoms with van der Waals surface area (Å²) in [5.41, 5.74) is 1.21. The van der Waals surface area contributed by atoms with Crippen LogP contribution in [0, 0.1) is 0 Å². The number of nitrogens with one attached hydrogen (secondary N) is 1. The number of hydrogen-bond donors (Lipinski definition) is 1. The summed E-state index contributed by atoms with van der Waals surface area (Å²) in [5.74, 6) is 1.07. The SMILES string of the molecule is CCOc1ccccc1CCCNC(=O)CC. The molecule has 0 bridgehead atoms. The third-order valence-electron chi connectivity index (χ3n) is 2.54. The van der Waals surface area contributed by atoms with Crippen LogP contribution in [0.3, 0.4) is 0 Å². The standard InChI is InChI=1S/C14H21NO2/c1-3-14(16)15-11-7-9-12-8-5-6-10-13(12)17-4-2/h5-6,8,10H,3-4,7,9,11H2,1-2H3,(H,15,16). The highest BCUT2D eigenvalue weighted by Crippen LogP contribution is 2.19. The molecule has 0 radical (unpaired) electrons. The van der Waals surface area contributed by atoms with Crippen LogP contribution in [0.2, 0.25) is 0 Å². The molecule has 0 aliphatic rings. The Kier molecular flexibility index (Phi) is 6.15. The van der Waals surface area contributed by atoms with Gasteiger partial charge in [-0.05, 0) is 31.4 Å². The maximum absolute atomic E-state index is 11.1. The third-order valence-corrected chi connectivity index (χ3v) is 2.54. The van der Waals surface area contributed by atoms with Crippen molar-refractivity contribution in [3.8, 4) is 5.75 Å².